The molecule has 0 aliphatic heterocycles. The predicted molar refractivity (Wildman–Crippen MR) is 132 cm³/mol. The lowest BCUT2D eigenvalue weighted by Crippen LogP contribution is -2.24. The fraction of sp³-hybridized carbons (Fsp3) is 0.296. The third-order valence-electron chi connectivity index (χ3n) is 6.97. The van der Waals surface area contributed by atoms with Gasteiger partial charge in [0.25, 0.3) is 5.56 Å². The lowest BCUT2D eigenvalue weighted by atomic mass is 10.1. The van der Waals surface area contributed by atoms with Crippen molar-refractivity contribution in [3.8, 4) is 22.9 Å². The zero-order chi connectivity index (χ0) is 26.2. The summed E-state index contributed by atoms with van der Waals surface area (Å²) in [5.41, 5.74) is 4.27. The summed E-state index contributed by atoms with van der Waals surface area (Å²) < 4.78 is 27.2. The molecule has 2 fully saturated rings. The maximum atomic E-state index is 14.1. The molecule has 0 amide bonds. The van der Waals surface area contributed by atoms with Crippen molar-refractivity contribution in [2.24, 2.45) is 12.9 Å². The van der Waals surface area contributed by atoms with E-state index in [9.17, 15) is 10.1 Å². The summed E-state index contributed by atoms with van der Waals surface area (Å²) in [6.45, 7) is -1.68. The Hall–Kier alpha value is -4.25. The first-order valence-corrected chi connectivity index (χ1v) is 11.8. The number of pyridine rings is 1. The van der Waals surface area contributed by atoms with E-state index in [-0.39, 0.29) is 5.56 Å². The van der Waals surface area contributed by atoms with E-state index in [1.165, 1.54) is 10.9 Å². The van der Waals surface area contributed by atoms with Gasteiger partial charge in [-0.1, -0.05) is 6.07 Å². The molecule has 4 aromatic heterocycles. The number of hydrogen-bond donors (Lipinski definition) is 0. The van der Waals surface area contributed by atoms with Crippen LogP contribution in [0.25, 0.3) is 38.8 Å². The Labute approximate surface area is 205 Å². The van der Waals surface area contributed by atoms with Crippen LogP contribution in [0.4, 0.5) is 0 Å². The van der Waals surface area contributed by atoms with Gasteiger partial charge in [0.2, 0.25) is 0 Å². The summed E-state index contributed by atoms with van der Waals surface area (Å²) in [7, 11) is 0. The maximum Gasteiger partial charge on any atom is 0.281 e. The average Bonchev–Trinajstić information content (AvgIpc) is 3.83. The minimum Gasteiger partial charge on any atom is -0.344 e. The normalized spacial score (nSPS) is 17.3. The van der Waals surface area contributed by atoms with Crippen molar-refractivity contribution in [2.75, 3.05) is 0 Å². The van der Waals surface area contributed by atoms with E-state index >= 15 is 0 Å². The number of aromatic nitrogens is 6. The predicted octanol–water partition coefficient (Wildman–Crippen LogP) is 4.29. The van der Waals surface area contributed by atoms with Crippen molar-refractivity contribution in [3.63, 3.8) is 0 Å². The number of nitrogens with zero attached hydrogens (tertiary/aromatic N) is 7. The second-order valence-electron chi connectivity index (χ2n) is 9.60. The highest BCUT2D eigenvalue weighted by Crippen LogP contribution is 2.40. The first-order valence-electron chi connectivity index (χ1n) is 13.3. The largest absolute Gasteiger partial charge is 0.344 e. The van der Waals surface area contributed by atoms with Gasteiger partial charge >= 0.3 is 0 Å². The van der Waals surface area contributed by atoms with E-state index in [2.05, 4.69) is 21.3 Å². The molecule has 0 bridgehead atoms. The molecule has 172 valence electrons. The van der Waals surface area contributed by atoms with Crippen LogP contribution in [0.5, 0.6) is 0 Å². The zero-order valence-electron chi connectivity index (χ0n) is 21.8. The molecule has 0 N–H and O–H groups in total. The highest BCUT2D eigenvalue weighted by atomic mass is 16.1. The summed E-state index contributed by atoms with van der Waals surface area (Å²) in [5, 5.41) is 19.3. The second-order valence-corrected chi connectivity index (χ2v) is 9.60. The highest BCUT2D eigenvalue weighted by Gasteiger charge is 2.28. The van der Waals surface area contributed by atoms with Gasteiger partial charge in [0.05, 0.1) is 27.8 Å². The van der Waals surface area contributed by atoms with Crippen molar-refractivity contribution in [2.45, 2.75) is 38.1 Å². The van der Waals surface area contributed by atoms with Crippen LogP contribution in [0.1, 0.15) is 47.0 Å². The molecule has 2 saturated carbocycles. The number of benzene rings is 1. The van der Waals surface area contributed by atoms with Gasteiger partial charge in [0.1, 0.15) is 11.6 Å². The first-order chi connectivity index (χ1) is 18.3. The molecule has 2 aliphatic rings. The van der Waals surface area contributed by atoms with Crippen molar-refractivity contribution in [1.82, 2.24) is 29.1 Å². The van der Waals surface area contributed by atoms with Crippen molar-refractivity contribution < 1.29 is 4.11 Å². The van der Waals surface area contributed by atoms with E-state index < -0.39 is 6.98 Å². The minimum atomic E-state index is -2.41. The molecular weight excluding hydrogens is 438 g/mol. The van der Waals surface area contributed by atoms with Crippen LogP contribution in [0.2, 0.25) is 0 Å². The smallest absolute Gasteiger partial charge is 0.281 e. The molecule has 7 rings (SSSR count). The van der Waals surface area contributed by atoms with Gasteiger partial charge in [0, 0.05) is 58.8 Å². The first kappa shape index (κ1) is 17.2. The molecule has 0 saturated heterocycles. The number of nitriles is 1. The molecule has 8 heteroatoms. The highest BCUT2D eigenvalue weighted by molar-refractivity contribution is 5.95. The van der Waals surface area contributed by atoms with Gasteiger partial charge in [-0.2, -0.15) is 20.1 Å². The zero-order valence-corrected chi connectivity index (χ0v) is 18.8. The van der Waals surface area contributed by atoms with Crippen LogP contribution in [-0.4, -0.2) is 29.1 Å². The second kappa shape index (κ2) is 7.37. The van der Waals surface area contributed by atoms with Crippen LogP contribution in [-0.2, 0) is 13.5 Å². The lowest BCUT2D eigenvalue weighted by molar-refractivity contribution is 0.646. The Bertz CT molecular complexity index is 1830. The fourth-order valence-electron chi connectivity index (χ4n) is 4.82. The molecule has 0 radical (unpaired) electrons. The number of rotatable bonds is 5. The SMILES string of the molecule is [2H]C([2H])([2H])n1cc2cc(-n3nc4c(C#N)cn(CC5CC5)c4c(-c4ccc(C5CC5)nc4)c3=O)ccc2n1. The van der Waals surface area contributed by atoms with Gasteiger partial charge in [-0.25, -0.2) is 0 Å². The van der Waals surface area contributed by atoms with Gasteiger partial charge in [-0.05, 0) is 55.9 Å². The molecule has 35 heavy (non-hydrogen) atoms. The summed E-state index contributed by atoms with van der Waals surface area (Å²) in [5.74, 6) is 1.02. The average molecular weight is 465 g/mol. The van der Waals surface area contributed by atoms with E-state index in [4.69, 9.17) is 4.11 Å². The van der Waals surface area contributed by atoms with Crippen LogP contribution in [0, 0.1) is 17.2 Å². The maximum absolute atomic E-state index is 14.1. The summed E-state index contributed by atoms with van der Waals surface area (Å²) >= 11 is 0. The quantitative estimate of drug-likeness (QED) is 0.387. The lowest BCUT2D eigenvalue weighted by Gasteiger charge is -2.12. The number of hydrogen-bond acceptors (Lipinski definition) is 5. The fourth-order valence-corrected chi connectivity index (χ4v) is 4.82. The van der Waals surface area contributed by atoms with Crippen LogP contribution in [0.15, 0.2) is 53.7 Å². The molecule has 2 aliphatic carbocycles. The van der Waals surface area contributed by atoms with Crippen molar-refractivity contribution in [3.05, 3.63) is 70.5 Å². The molecule has 0 spiro atoms. The summed E-state index contributed by atoms with van der Waals surface area (Å²) in [4.78, 5) is 18.8. The van der Waals surface area contributed by atoms with E-state index in [0.29, 0.717) is 56.1 Å². The molecule has 4 heterocycles. The van der Waals surface area contributed by atoms with Crippen molar-refractivity contribution >= 4 is 21.9 Å². The minimum absolute atomic E-state index is 0.333. The topological polar surface area (TPSA) is 94.3 Å². The van der Waals surface area contributed by atoms with Gasteiger partial charge in [-0.15, -0.1) is 0 Å². The molecular formula is C27H23N7O. The molecule has 8 nitrogen and oxygen atoms in total. The molecule has 5 aromatic rings. The summed E-state index contributed by atoms with van der Waals surface area (Å²) in [6, 6.07) is 11.2. The molecule has 1 aromatic carbocycles. The number of fused-ring (bicyclic) bond motifs is 2. The van der Waals surface area contributed by atoms with Gasteiger partial charge < -0.3 is 4.57 Å². The number of aryl methyl sites for hydroxylation is 1. The Kier molecular flexibility index (Phi) is 3.63. The third kappa shape index (κ3) is 3.35. The monoisotopic (exact) mass is 464 g/mol. The van der Waals surface area contributed by atoms with Crippen molar-refractivity contribution in [1.29, 1.82) is 5.26 Å². The standard InChI is InChI=1S/C27H23N7O/c1-32-14-19-10-21(7-9-23(19)30-32)34-27(35)24(18-6-8-22(29-12-18)17-4-5-17)26-25(31-34)20(11-28)15-33(26)13-16-2-3-16/h6-10,12,14-17H,2-5,13H2,1H3/i1D3. The van der Waals surface area contributed by atoms with Crippen LogP contribution < -0.4 is 5.56 Å². The van der Waals surface area contributed by atoms with E-state index in [1.54, 1.807) is 30.6 Å². The molecule has 0 unspecified atom stereocenters. The third-order valence-corrected chi connectivity index (χ3v) is 6.97. The Balaban J connectivity index is 1.47. The van der Waals surface area contributed by atoms with Gasteiger partial charge in [0.15, 0.2) is 0 Å². The van der Waals surface area contributed by atoms with Crippen LogP contribution in [0.3, 0.4) is 0 Å². The van der Waals surface area contributed by atoms with Gasteiger partial charge in [-0.3, -0.25) is 14.5 Å². The van der Waals surface area contributed by atoms with E-state index in [0.717, 1.165) is 42.6 Å². The summed E-state index contributed by atoms with van der Waals surface area (Å²) in [6.07, 6.45) is 9.50. The molecule has 0 atom stereocenters. The Morgan fingerprint density at radius 2 is 2.03 bits per heavy atom. The van der Waals surface area contributed by atoms with E-state index in [1.807, 2.05) is 16.7 Å². The Morgan fingerprint density at radius 1 is 1.14 bits per heavy atom. The van der Waals surface area contributed by atoms with Crippen LogP contribution >= 0.6 is 0 Å². The Morgan fingerprint density at radius 3 is 2.74 bits per heavy atom.